The summed E-state index contributed by atoms with van der Waals surface area (Å²) in [6.07, 6.45) is 4.99. The second kappa shape index (κ2) is 9.76. The standard InChI is InChI=1S/C19H21BrN2O4S2/c1-2-25-14-9-12(10-15-18(24)21-19(27)28-15)8-13(20)17(14)26-11-16(23)22-6-4-3-5-7-22/h8-10H,2-7,11H2,1H3,(H,21,24,27)/b15-10+. The zero-order valence-corrected chi connectivity index (χ0v) is 18.7. The van der Waals surface area contributed by atoms with E-state index in [1.807, 2.05) is 17.9 Å². The quantitative estimate of drug-likeness (QED) is 0.490. The summed E-state index contributed by atoms with van der Waals surface area (Å²) in [6, 6.07) is 3.61. The molecule has 150 valence electrons. The van der Waals surface area contributed by atoms with Crippen molar-refractivity contribution in [2.24, 2.45) is 0 Å². The third-order valence-electron chi connectivity index (χ3n) is 4.32. The largest absolute Gasteiger partial charge is 0.490 e. The van der Waals surface area contributed by atoms with Gasteiger partial charge in [-0.15, -0.1) is 0 Å². The molecule has 0 aliphatic carbocycles. The number of rotatable bonds is 6. The summed E-state index contributed by atoms with van der Waals surface area (Å²) in [4.78, 5) is 26.6. The van der Waals surface area contributed by atoms with Crippen LogP contribution < -0.4 is 14.8 Å². The van der Waals surface area contributed by atoms with Gasteiger partial charge in [-0.3, -0.25) is 9.59 Å². The van der Waals surface area contributed by atoms with Crippen LogP contribution in [0.25, 0.3) is 6.08 Å². The maximum Gasteiger partial charge on any atom is 0.263 e. The number of hydrogen-bond donors (Lipinski definition) is 1. The summed E-state index contributed by atoms with van der Waals surface area (Å²) in [5, 5.41) is 2.59. The summed E-state index contributed by atoms with van der Waals surface area (Å²) >= 11 is 9.74. The van der Waals surface area contributed by atoms with E-state index in [1.54, 1.807) is 12.1 Å². The monoisotopic (exact) mass is 484 g/mol. The van der Waals surface area contributed by atoms with Crippen LogP contribution in [0.3, 0.4) is 0 Å². The predicted octanol–water partition coefficient (Wildman–Crippen LogP) is 3.73. The van der Waals surface area contributed by atoms with Gasteiger partial charge in [0.2, 0.25) is 0 Å². The average molecular weight is 485 g/mol. The maximum atomic E-state index is 12.4. The molecule has 28 heavy (non-hydrogen) atoms. The Labute approximate surface area is 182 Å². The number of amides is 2. The Bertz CT molecular complexity index is 822. The SMILES string of the molecule is CCOc1cc(/C=C2/SC(=S)NC2=O)cc(Br)c1OCC(=O)N1CCCCC1. The zero-order valence-electron chi connectivity index (χ0n) is 15.5. The number of nitrogens with zero attached hydrogens (tertiary/aromatic N) is 1. The number of benzene rings is 1. The third kappa shape index (κ3) is 5.27. The number of thiocarbonyl (C=S) groups is 1. The van der Waals surface area contributed by atoms with Crippen LogP contribution in [0.5, 0.6) is 11.5 Å². The van der Waals surface area contributed by atoms with Crippen LogP contribution in [0.4, 0.5) is 0 Å². The van der Waals surface area contributed by atoms with Gasteiger partial charge in [0.1, 0.15) is 4.32 Å². The molecule has 1 N–H and O–H groups in total. The summed E-state index contributed by atoms with van der Waals surface area (Å²) in [5.41, 5.74) is 0.771. The van der Waals surface area contributed by atoms with Crippen molar-refractivity contribution in [2.75, 3.05) is 26.3 Å². The molecule has 2 aliphatic heterocycles. The van der Waals surface area contributed by atoms with E-state index < -0.39 is 0 Å². The van der Waals surface area contributed by atoms with Crippen LogP contribution in [0.1, 0.15) is 31.7 Å². The second-order valence-corrected chi connectivity index (χ2v) is 8.92. The fourth-order valence-corrected chi connectivity index (χ4v) is 4.63. The number of thioether (sulfide) groups is 1. The number of carbonyl (C=O) groups is 2. The Morgan fingerprint density at radius 1 is 1.32 bits per heavy atom. The number of piperidine rings is 1. The van der Waals surface area contributed by atoms with Gasteiger partial charge < -0.3 is 19.7 Å². The van der Waals surface area contributed by atoms with E-state index >= 15 is 0 Å². The third-order valence-corrected chi connectivity index (χ3v) is 6.07. The van der Waals surface area contributed by atoms with Crippen molar-refractivity contribution < 1.29 is 19.1 Å². The summed E-state index contributed by atoms with van der Waals surface area (Å²) in [7, 11) is 0. The molecule has 0 unspecified atom stereocenters. The molecule has 2 saturated heterocycles. The number of hydrogen-bond acceptors (Lipinski definition) is 6. The van der Waals surface area contributed by atoms with Crippen LogP contribution in [0.15, 0.2) is 21.5 Å². The highest BCUT2D eigenvalue weighted by Crippen LogP contribution is 2.38. The number of halogens is 1. The van der Waals surface area contributed by atoms with Gasteiger partial charge >= 0.3 is 0 Å². The lowest BCUT2D eigenvalue weighted by Crippen LogP contribution is -2.38. The van der Waals surface area contributed by atoms with Crippen molar-refractivity contribution >= 4 is 62.1 Å². The average Bonchev–Trinajstić information content (AvgIpc) is 2.98. The summed E-state index contributed by atoms with van der Waals surface area (Å²) in [5.74, 6) is 0.763. The molecule has 1 aromatic carbocycles. The molecule has 2 aliphatic rings. The molecule has 2 heterocycles. The van der Waals surface area contributed by atoms with Crippen molar-refractivity contribution in [3.05, 3.63) is 27.1 Å². The highest BCUT2D eigenvalue weighted by molar-refractivity contribution is 9.10. The lowest BCUT2D eigenvalue weighted by Gasteiger charge is -2.26. The Kier molecular flexibility index (Phi) is 7.36. The molecule has 0 radical (unpaired) electrons. The maximum absolute atomic E-state index is 12.4. The number of carbonyl (C=O) groups excluding carboxylic acids is 2. The summed E-state index contributed by atoms with van der Waals surface area (Å²) < 4.78 is 12.6. The lowest BCUT2D eigenvalue weighted by molar-refractivity contribution is -0.134. The van der Waals surface area contributed by atoms with Crippen molar-refractivity contribution in [3.63, 3.8) is 0 Å². The van der Waals surface area contributed by atoms with Gasteiger partial charge in [0.15, 0.2) is 18.1 Å². The minimum absolute atomic E-state index is 0.0206. The van der Waals surface area contributed by atoms with Gasteiger partial charge in [0, 0.05) is 13.1 Å². The van der Waals surface area contributed by atoms with E-state index in [4.69, 9.17) is 21.7 Å². The topological polar surface area (TPSA) is 67.9 Å². The van der Waals surface area contributed by atoms with E-state index in [9.17, 15) is 9.59 Å². The Balaban J connectivity index is 1.77. The van der Waals surface area contributed by atoms with E-state index in [-0.39, 0.29) is 18.4 Å². The van der Waals surface area contributed by atoms with Crippen molar-refractivity contribution in [3.8, 4) is 11.5 Å². The zero-order chi connectivity index (χ0) is 20.1. The van der Waals surface area contributed by atoms with Gasteiger partial charge in [-0.25, -0.2) is 0 Å². The first kappa shape index (κ1) is 21.1. The minimum Gasteiger partial charge on any atom is -0.490 e. The fourth-order valence-electron chi connectivity index (χ4n) is 3.02. The van der Waals surface area contributed by atoms with E-state index in [2.05, 4.69) is 21.2 Å². The van der Waals surface area contributed by atoms with Gasteiger partial charge in [0.05, 0.1) is 16.0 Å². The first-order chi connectivity index (χ1) is 13.5. The highest BCUT2D eigenvalue weighted by Gasteiger charge is 2.23. The molecule has 0 saturated carbocycles. The van der Waals surface area contributed by atoms with Crippen LogP contribution in [0.2, 0.25) is 0 Å². The van der Waals surface area contributed by atoms with Gasteiger partial charge in [-0.05, 0) is 65.9 Å². The molecule has 0 aromatic heterocycles. The molecular weight excluding hydrogens is 464 g/mol. The van der Waals surface area contributed by atoms with Crippen LogP contribution in [-0.4, -0.2) is 47.3 Å². The normalized spacial score (nSPS) is 18.4. The van der Waals surface area contributed by atoms with Crippen LogP contribution in [-0.2, 0) is 9.59 Å². The number of likely N-dealkylation sites (tertiary alicyclic amines) is 1. The Morgan fingerprint density at radius 3 is 2.71 bits per heavy atom. The van der Waals surface area contributed by atoms with Crippen molar-refractivity contribution in [2.45, 2.75) is 26.2 Å². The Hall–Kier alpha value is -1.58. The van der Waals surface area contributed by atoms with Crippen molar-refractivity contribution in [1.29, 1.82) is 0 Å². The molecule has 2 amide bonds. The van der Waals surface area contributed by atoms with Crippen molar-refractivity contribution in [1.82, 2.24) is 10.2 Å². The molecule has 1 aromatic rings. The first-order valence-corrected chi connectivity index (χ1v) is 11.1. The van der Waals surface area contributed by atoms with Gasteiger partial charge in [0.25, 0.3) is 11.8 Å². The van der Waals surface area contributed by atoms with Crippen LogP contribution in [0, 0.1) is 0 Å². The predicted molar refractivity (Wildman–Crippen MR) is 118 cm³/mol. The molecule has 3 rings (SSSR count). The molecule has 0 atom stereocenters. The minimum atomic E-state index is -0.212. The van der Waals surface area contributed by atoms with Gasteiger partial charge in [-0.1, -0.05) is 24.0 Å². The smallest absolute Gasteiger partial charge is 0.263 e. The van der Waals surface area contributed by atoms with E-state index in [0.717, 1.165) is 31.5 Å². The van der Waals surface area contributed by atoms with E-state index in [1.165, 1.54) is 18.2 Å². The first-order valence-electron chi connectivity index (χ1n) is 9.09. The molecule has 2 fully saturated rings. The summed E-state index contributed by atoms with van der Waals surface area (Å²) in [6.45, 7) is 3.86. The molecular formula is C19H21BrN2O4S2. The fraction of sp³-hybridized carbons (Fsp3) is 0.421. The molecule has 9 heteroatoms. The molecule has 6 nitrogen and oxygen atoms in total. The highest BCUT2D eigenvalue weighted by atomic mass is 79.9. The van der Waals surface area contributed by atoms with Crippen LogP contribution >= 0.6 is 39.9 Å². The van der Waals surface area contributed by atoms with E-state index in [0.29, 0.717) is 31.8 Å². The second-order valence-electron chi connectivity index (χ2n) is 6.35. The Morgan fingerprint density at radius 2 is 2.07 bits per heavy atom. The molecule has 0 spiro atoms. The number of nitrogens with one attached hydrogen (secondary N) is 1. The molecule has 0 bridgehead atoms. The van der Waals surface area contributed by atoms with Gasteiger partial charge in [-0.2, -0.15) is 0 Å². The number of ether oxygens (including phenoxy) is 2. The lowest BCUT2D eigenvalue weighted by atomic mass is 10.1.